The summed E-state index contributed by atoms with van der Waals surface area (Å²) in [7, 11) is 1.88. The molecule has 134 valence electrons. The molecule has 0 spiro atoms. The maximum absolute atomic E-state index is 10.9. The average Bonchev–Trinajstić information content (AvgIpc) is 2.78. The van der Waals surface area contributed by atoms with E-state index >= 15 is 0 Å². The van der Waals surface area contributed by atoms with Gasteiger partial charge in [0.25, 0.3) is 0 Å². The molecule has 1 unspecified atom stereocenters. The summed E-state index contributed by atoms with van der Waals surface area (Å²) in [6.45, 7) is 6.65. The van der Waals surface area contributed by atoms with Crippen LogP contribution in [0.25, 0.3) is 0 Å². The molecule has 1 aliphatic heterocycles. The van der Waals surface area contributed by atoms with Gasteiger partial charge in [-0.2, -0.15) is 4.98 Å². The molecule has 1 aromatic heterocycles. The second-order valence-corrected chi connectivity index (χ2v) is 6.80. The highest BCUT2D eigenvalue weighted by atomic mass is 16.5. The number of rotatable bonds is 7. The van der Waals surface area contributed by atoms with E-state index in [0.29, 0.717) is 24.4 Å². The highest BCUT2D eigenvalue weighted by Crippen LogP contribution is 2.21. The quantitative estimate of drug-likeness (QED) is 0.814. The van der Waals surface area contributed by atoms with E-state index in [1.165, 1.54) is 0 Å². The minimum Gasteiger partial charge on any atom is -0.480 e. The Balaban J connectivity index is 1.95. The van der Waals surface area contributed by atoms with Gasteiger partial charge in [-0.3, -0.25) is 14.7 Å². The number of hydrogen-bond acceptors (Lipinski definition) is 6. The highest BCUT2D eigenvalue weighted by molar-refractivity contribution is 5.69. The third kappa shape index (κ3) is 5.63. The Morgan fingerprint density at radius 3 is 2.92 bits per heavy atom. The molecule has 1 atom stereocenters. The van der Waals surface area contributed by atoms with Crippen molar-refractivity contribution in [3.63, 3.8) is 0 Å². The molecule has 24 heavy (non-hydrogen) atoms. The van der Waals surface area contributed by atoms with Crippen molar-refractivity contribution in [2.45, 2.75) is 39.2 Å². The maximum Gasteiger partial charge on any atom is 0.317 e. The monoisotopic (exact) mass is 336 g/mol. The Labute approximate surface area is 143 Å². The van der Waals surface area contributed by atoms with Crippen molar-refractivity contribution < 1.29 is 14.6 Å². The smallest absolute Gasteiger partial charge is 0.317 e. The van der Waals surface area contributed by atoms with Crippen molar-refractivity contribution in [1.82, 2.24) is 14.9 Å². The molecule has 0 saturated carbocycles. The van der Waals surface area contributed by atoms with Crippen LogP contribution < -0.4 is 9.64 Å². The molecule has 7 nitrogen and oxygen atoms in total. The third-order valence-electron chi connectivity index (χ3n) is 4.19. The predicted molar refractivity (Wildman–Crippen MR) is 92.5 cm³/mol. The minimum atomic E-state index is -0.778. The topological polar surface area (TPSA) is 78.8 Å². The fourth-order valence-corrected chi connectivity index (χ4v) is 2.90. The number of carboxylic acid groups (broad SMARTS) is 1. The molecule has 0 aromatic carbocycles. The van der Waals surface area contributed by atoms with E-state index < -0.39 is 5.97 Å². The first-order valence-electron chi connectivity index (χ1n) is 8.57. The molecule has 1 N–H and O–H groups in total. The van der Waals surface area contributed by atoms with Crippen LogP contribution in [0.4, 0.5) is 5.82 Å². The maximum atomic E-state index is 10.9. The van der Waals surface area contributed by atoms with Crippen LogP contribution >= 0.6 is 0 Å². The first-order valence-corrected chi connectivity index (χ1v) is 8.57. The van der Waals surface area contributed by atoms with Crippen molar-refractivity contribution in [2.24, 2.45) is 5.92 Å². The first-order chi connectivity index (χ1) is 11.5. The van der Waals surface area contributed by atoms with Gasteiger partial charge in [-0.15, -0.1) is 0 Å². The number of carbonyl (C=O) groups is 1. The number of likely N-dealkylation sites (N-methyl/N-ethyl adjacent to an activating group) is 1. The van der Waals surface area contributed by atoms with E-state index in [2.05, 4.69) is 28.7 Å². The minimum absolute atomic E-state index is 0.0863. The van der Waals surface area contributed by atoms with Crippen LogP contribution in [0.3, 0.4) is 0 Å². The molecule has 0 bridgehead atoms. The number of ether oxygens (including phenoxy) is 1. The van der Waals surface area contributed by atoms with Gasteiger partial charge in [0, 0.05) is 19.1 Å². The van der Waals surface area contributed by atoms with Gasteiger partial charge in [0.15, 0.2) is 5.82 Å². The predicted octanol–water partition coefficient (Wildman–Crippen LogP) is 1.89. The summed E-state index contributed by atoms with van der Waals surface area (Å²) >= 11 is 0. The van der Waals surface area contributed by atoms with E-state index in [1.807, 2.05) is 11.9 Å². The number of nitrogens with zero attached hydrogens (tertiary/aromatic N) is 4. The Hall–Kier alpha value is -1.89. The molecule has 2 heterocycles. The van der Waals surface area contributed by atoms with E-state index in [0.717, 1.165) is 38.2 Å². The van der Waals surface area contributed by atoms with Gasteiger partial charge in [-0.1, -0.05) is 13.8 Å². The molecule has 1 fully saturated rings. The molecule has 1 saturated heterocycles. The Kier molecular flexibility index (Phi) is 6.78. The zero-order valence-electron chi connectivity index (χ0n) is 14.8. The van der Waals surface area contributed by atoms with Crippen LogP contribution in [-0.2, 0) is 4.79 Å². The summed E-state index contributed by atoms with van der Waals surface area (Å²) in [6.07, 6.45) is 6.34. The molecule has 0 amide bonds. The number of aromatic nitrogens is 2. The number of anilines is 1. The largest absolute Gasteiger partial charge is 0.480 e. The van der Waals surface area contributed by atoms with Gasteiger partial charge in [0.2, 0.25) is 5.88 Å². The van der Waals surface area contributed by atoms with Crippen molar-refractivity contribution in [1.29, 1.82) is 0 Å². The molecule has 2 rings (SSSR count). The van der Waals surface area contributed by atoms with Crippen molar-refractivity contribution in [2.75, 3.05) is 38.2 Å². The fraction of sp³-hybridized carbons (Fsp3) is 0.706. The van der Waals surface area contributed by atoms with Crippen molar-refractivity contribution in [3.8, 4) is 5.88 Å². The molecular formula is C17H28N4O3. The number of aliphatic carboxylic acids is 1. The molecule has 0 radical (unpaired) electrons. The molecule has 1 aromatic rings. The van der Waals surface area contributed by atoms with Crippen LogP contribution in [0.2, 0.25) is 0 Å². The van der Waals surface area contributed by atoms with Crippen LogP contribution in [0.1, 0.15) is 33.1 Å². The molecule has 0 aliphatic carbocycles. The lowest BCUT2D eigenvalue weighted by atomic mass is 10.1. The van der Waals surface area contributed by atoms with Gasteiger partial charge in [0.05, 0.1) is 25.5 Å². The molecule has 1 aliphatic rings. The normalized spacial score (nSPS) is 18.7. The Morgan fingerprint density at radius 2 is 2.21 bits per heavy atom. The van der Waals surface area contributed by atoms with Gasteiger partial charge >= 0.3 is 5.97 Å². The van der Waals surface area contributed by atoms with Crippen LogP contribution in [-0.4, -0.2) is 65.3 Å². The summed E-state index contributed by atoms with van der Waals surface area (Å²) in [5, 5.41) is 8.95. The summed E-state index contributed by atoms with van der Waals surface area (Å²) in [6, 6.07) is 0.291. The fourth-order valence-electron chi connectivity index (χ4n) is 2.90. The molecular weight excluding hydrogens is 308 g/mol. The Bertz CT molecular complexity index is 538. The van der Waals surface area contributed by atoms with Gasteiger partial charge in [0.1, 0.15) is 0 Å². The van der Waals surface area contributed by atoms with E-state index in [9.17, 15) is 4.79 Å². The van der Waals surface area contributed by atoms with Crippen LogP contribution in [0.5, 0.6) is 5.88 Å². The van der Waals surface area contributed by atoms with Gasteiger partial charge in [-0.05, 0) is 32.2 Å². The van der Waals surface area contributed by atoms with Gasteiger partial charge in [-0.25, -0.2) is 0 Å². The SMILES string of the molecule is CC(C)COc1cncc(N2CCCC(N(C)CC(=O)O)CC2)n1. The Morgan fingerprint density at radius 1 is 1.42 bits per heavy atom. The summed E-state index contributed by atoms with van der Waals surface area (Å²) in [4.78, 5) is 23.8. The van der Waals surface area contributed by atoms with Crippen LogP contribution in [0.15, 0.2) is 12.4 Å². The lowest BCUT2D eigenvalue weighted by Crippen LogP contribution is -2.36. The highest BCUT2D eigenvalue weighted by Gasteiger charge is 2.22. The average molecular weight is 336 g/mol. The standard InChI is InChI=1S/C17H28N4O3/c1-13(2)12-24-16-10-18-9-15(19-16)21-7-4-5-14(6-8-21)20(3)11-17(22)23/h9-10,13-14H,4-8,11-12H2,1-3H3,(H,22,23). The van der Waals surface area contributed by atoms with E-state index in [1.54, 1.807) is 12.4 Å². The first kappa shape index (κ1) is 18.4. The van der Waals surface area contributed by atoms with E-state index in [-0.39, 0.29) is 6.54 Å². The molecule has 7 heteroatoms. The third-order valence-corrected chi connectivity index (χ3v) is 4.19. The lowest BCUT2D eigenvalue weighted by Gasteiger charge is -2.26. The number of carboxylic acids is 1. The second kappa shape index (κ2) is 8.82. The number of hydrogen-bond donors (Lipinski definition) is 1. The lowest BCUT2D eigenvalue weighted by molar-refractivity contribution is -0.138. The van der Waals surface area contributed by atoms with Crippen molar-refractivity contribution >= 4 is 11.8 Å². The van der Waals surface area contributed by atoms with Gasteiger partial charge < -0.3 is 14.7 Å². The summed E-state index contributed by atoms with van der Waals surface area (Å²) in [5.41, 5.74) is 0. The summed E-state index contributed by atoms with van der Waals surface area (Å²) in [5.74, 6) is 1.06. The zero-order valence-corrected chi connectivity index (χ0v) is 14.8. The van der Waals surface area contributed by atoms with Crippen molar-refractivity contribution in [3.05, 3.63) is 12.4 Å². The van der Waals surface area contributed by atoms with E-state index in [4.69, 9.17) is 9.84 Å². The zero-order chi connectivity index (χ0) is 17.5. The van der Waals surface area contributed by atoms with Crippen LogP contribution in [0, 0.1) is 5.92 Å². The summed E-state index contributed by atoms with van der Waals surface area (Å²) < 4.78 is 5.66. The second-order valence-electron chi connectivity index (χ2n) is 6.80.